The number of thioether (sulfide) groups is 1. The van der Waals surface area contributed by atoms with Crippen molar-refractivity contribution < 1.29 is 0 Å². The summed E-state index contributed by atoms with van der Waals surface area (Å²) in [5, 5.41) is 15.5. The first-order valence-corrected chi connectivity index (χ1v) is 11.6. The molecule has 1 aliphatic rings. The molecule has 1 aliphatic heterocycles. The second kappa shape index (κ2) is 12.2. The van der Waals surface area contributed by atoms with Gasteiger partial charge in [-0.1, -0.05) is 13.3 Å². The number of hydrogen-bond donors (Lipinski definition) is 2. The van der Waals surface area contributed by atoms with Gasteiger partial charge in [0, 0.05) is 32.7 Å². The van der Waals surface area contributed by atoms with Crippen LogP contribution in [0.2, 0.25) is 0 Å². The third kappa shape index (κ3) is 7.70. The van der Waals surface area contributed by atoms with Crippen LogP contribution in [0.5, 0.6) is 0 Å². The van der Waals surface area contributed by atoms with Gasteiger partial charge in [0.05, 0.1) is 0 Å². The lowest BCUT2D eigenvalue weighted by molar-refractivity contribution is 0.203. The van der Waals surface area contributed by atoms with Gasteiger partial charge in [0.1, 0.15) is 12.4 Å². The summed E-state index contributed by atoms with van der Waals surface area (Å²) in [5.74, 6) is 3.89. The third-order valence-electron chi connectivity index (χ3n) is 5.14. The Balaban J connectivity index is 1.88. The van der Waals surface area contributed by atoms with Crippen molar-refractivity contribution >= 4 is 17.7 Å². The van der Waals surface area contributed by atoms with Gasteiger partial charge in [0.15, 0.2) is 11.8 Å². The molecule has 0 spiro atoms. The van der Waals surface area contributed by atoms with Gasteiger partial charge in [-0.25, -0.2) is 4.99 Å². The summed E-state index contributed by atoms with van der Waals surface area (Å²) in [6, 6.07) is 0.496. The van der Waals surface area contributed by atoms with Gasteiger partial charge < -0.3 is 20.1 Å². The lowest BCUT2D eigenvalue weighted by atomic mass is 10.0. The van der Waals surface area contributed by atoms with Crippen molar-refractivity contribution in [3.8, 4) is 0 Å². The van der Waals surface area contributed by atoms with Crippen LogP contribution >= 0.6 is 11.8 Å². The molecule has 0 unspecified atom stereocenters. The zero-order valence-electron chi connectivity index (χ0n) is 17.5. The summed E-state index contributed by atoms with van der Waals surface area (Å²) in [7, 11) is 1.99. The Kier molecular flexibility index (Phi) is 9.97. The number of hydrogen-bond acceptors (Lipinski definition) is 5. The first-order valence-electron chi connectivity index (χ1n) is 10.2. The fourth-order valence-electron chi connectivity index (χ4n) is 3.19. The van der Waals surface area contributed by atoms with Gasteiger partial charge in [0.25, 0.3) is 0 Å². The standard InChI is InChI=1S/C19H37N7S/c1-5-6-11-26-12-8-17(9-13-26)22-19(20-10-7-14-27-4)21-15-18-24-23-16(2)25(18)3/h17H,5-15H2,1-4H3,(H2,20,21,22). The van der Waals surface area contributed by atoms with Crippen molar-refractivity contribution in [2.45, 2.75) is 58.5 Å². The fourth-order valence-corrected chi connectivity index (χ4v) is 3.62. The molecular formula is C19H37N7S. The topological polar surface area (TPSA) is 70.4 Å². The number of piperidine rings is 1. The number of unbranched alkanes of at least 4 members (excludes halogenated alkanes) is 1. The van der Waals surface area contributed by atoms with Crippen molar-refractivity contribution in [2.75, 3.05) is 38.2 Å². The van der Waals surface area contributed by atoms with E-state index in [4.69, 9.17) is 4.99 Å². The summed E-state index contributed by atoms with van der Waals surface area (Å²) in [5.41, 5.74) is 0. The number of guanidine groups is 1. The number of nitrogens with zero attached hydrogens (tertiary/aromatic N) is 5. The predicted octanol–water partition coefficient (Wildman–Crippen LogP) is 2.18. The van der Waals surface area contributed by atoms with Gasteiger partial charge in [-0.15, -0.1) is 10.2 Å². The van der Waals surface area contributed by atoms with Crippen molar-refractivity contribution in [2.24, 2.45) is 12.0 Å². The van der Waals surface area contributed by atoms with Crippen molar-refractivity contribution in [3.05, 3.63) is 11.6 Å². The predicted molar refractivity (Wildman–Crippen MR) is 115 cm³/mol. The first kappa shape index (κ1) is 22.0. The van der Waals surface area contributed by atoms with E-state index < -0.39 is 0 Å². The van der Waals surface area contributed by atoms with E-state index in [1.165, 1.54) is 51.1 Å². The maximum atomic E-state index is 4.78. The number of likely N-dealkylation sites (tertiary alicyclic amines) is 1. The highest BCUT2D eigenvalue weighted by Gasteiger charge is 2.19. The lowest BCUT2D eigenvalue weighted by Crippen LogP contribution is -2.49. The SMILES string of the molecule is CCCCN1CCC(NC(=NCc2nnc(C)n2C)NCCCSC)CC1. The molecule has 2 heterocycles. The Morgan fingerprint density at radius 1 is 1.26 bits per heavy atom. The molecule has 2 N–H and O–H groups in total. The summed E-state index contributed by atoms with van der Waals surface area (Å²) in [6.45, 7) is 9.32. The smallest absolute Gasteiger partial charge is 0.191 e. The van der Waals surface area contributed by atoms with Crippen molar-refractivity contribution in [1.29, 1.82) is 0 Å². The van der Waals surface area contributed by atoms with E-state index in [-0.39, 0.29) is 0 Å². The normalized spacial score (nSPS) is 16.7. The van der Waals surface area contributed by atoms with Gasteiger partial charge in [-0.3, -0.25) is 0 Å². The Labute approximate surface area is 168 Å². The van der Waals surface area contributed by atoms with E-state index in [1.54, 1.807) is 0 Å². The van der Waals surface area contributed by atoms with Crippen LogP contribution in [0.1, 0.15) is 50.7 Å². The quantitative estimate of drug-likeness (QED) is 0.359. The van der Waals surface area contributed by atoms with Crippen LogP contribution < -0.4 is 10.6 Å². The molecule has 27 heavy (non-hydrogen) atoms. The molecule has 1 aromatic rings. The average Bonchev–Trinajstić information content (AvgIpc) is 3.00. The van der Waals surface area contributed by atoms with Crippen LogP contribution in [0.4, 0.5) is 0 Å². The second-order valence-corrected chi connectivity index (χ2v) is 8.26. The zero-order valence-corrected chi connectivity index (χ0v) is 18.3. The Morgan fingerprint density at radius 3 is 2.67 bits per heavy atom. The van der Waals surface area contributed by atoms with E-state index in [9.17, 15) is 0 Å². The molecule has 0 saturated carbocycles. The summed E-state index contributed by atoms with van der Waals surface area (Å²) >= 11 is 1.88. The highest BCUT2D eigenvalue weighted by Crippen LogP contribution is 2.11. The number of aryl methyl sites for hydroxylation is 1. The first-order chi connectivity index (χ1) is 13.1. The maximum absolute atomic E-state index is 4.78. The van der Waals surface area contributed by atoms with E-state index in [1.807, 2.05) is 30.3 Å². The largest absolute Gasteiger partial charge is 0.356 e. The van der Waals surface area contributed by atoms with Gasteiger partial charge in [0.2, 0.25) is 0 Å². The minimum absolute atomic E-state index is 0.496. The molecule has 1 fully saturated rings. The Bertz CT molecular complexity index is 564. The summed E-state index contributed by atoms with van der Waals surface area (Å²) < 4.78 is 2.00. The van der Waals surface area contributed by atoms with Gasteiger partial charge in [-0.05, 0) is 51.2 Å². The molecule has 0 atom stereocenters. The van der Waals surface area contributed by atoms with E-state index in [0.717, 1.165) is 30.6 Å². The van der Waals surface area contributed by atoms with Crippen LogP contribution in [-0.2, 0) is 13.6 Å². The van der Waals surface area contributed by atoms with Crippen LogP contribution in [-0.4, -0.2) is 69.9 Å². The lowest BCUT2D eigenvalue weighted by Gasteiger charge is -2.33. The maximum Gasteiger partial charge on any atom is 0.191 e. The molecule has 2 rings (SSSR count). The minimum Gasteiger partial charge on any atom is -0.356 e. The molecule has 0 bridgehead atoms. The molecule has 0 amide bonds. The van der Waals surface area contributed by atoms with Crippen LogP contribution in [0.3, 0.4) is 0 Å². The number of nitrogens with one attached hydrogen (secondary N) is 2. The molecular weight excluding hydrogens is 358 g/mol. The molecule has 1 saturated heterocycles. The van der Waals surface area contributed by atoms with Gasteiger partial charge in [-0.2, -0.15) is 11.8 Å². The van der Waals surface area contributed by atoms with Crippen molar-refractivity contribution in [1.82, 2.24) is 30.3 Å². The molecule has 8 heteroatoms. The molecule has 0 aromatic carbocycles. The fraction of sp³-hybridized carbons (Fsp3) is 0.842. The number of aliphatic imine (C=N–C) groups is 1. The van der Waals surface area contributed by atoms with Crippen LogP contribution in [0, 0.1) is 6.92 Å². The van der Waals surface area contributed by atoms with E-state index >= 15 is 0 Å². The number of aromatic nitrogens is 3. The molecule has 1 aromatic heterocycles. The Morgan fingerprint density at radius 2 is 2.04 bits per heavy atom. The average molecular weight is 396 g/mol. The molecule has 0 radical (unpaired) electrons. The zero-order chi connectivity index (χ0) is 19.5. The van der Waals surface area contributed by atoms with E-state index in [0.29, 0.717) is 12.6 Å². The number of rotatable bonds is 10. The van der Waals surface area contributed by atoms with Crippen molar-refractivity contribution in [3.63, 3.8) is 0 Å². The van der Waals surface area contributed by atoms with E-state index in [2.05, 4.69) is 38.9 Å². The third-order valence-corrected chi connectivity index (χ3v) is 5.83. The van der Waals surface area contributed by atoms with Crippen LogP contribution in [0.15, 0.2) is 4.99 Å². The minimum atomic E-state index is 0.496. The summed E-state index contributed by atoms with van der Waals surface area (Å²) in [4.78, 5) is 7.37. The highest BCUT2D eigenvalue weighted by atomic mass is 32.2. The molecule has 154 valence electrons. The molecule has 0 aliphatic carbocycles. The molecule has 7 nitrogen and oxygen atoms in total. The monoisotopic (exact) mass is 395 g/mol. The Hall–Kier alpha value is -1.28. The summed E-state index contributed by atoms with van der Waals surface area (Å²) in [6.07, 6.45) is 8.22. The van der Waals surface area contributed by atoms with Crippen LogP contribution in [0.25, 0.3) is 0 Å². The highest BCUT2D eigenvalue weighted by molar-refractivity contribution is 7.98. The van der Waals surface area contributed by atoms with Gasteiger partial charge >= 0.3 is 0 Å². The second-order valence-electron chi connectivity index (χ2n) is 7.27.